The van der Waals surface area contributed by atoms with Crippen molar-refractivity contribution in [2.75, 3.05) is 13.1 Å². The first-order valence-corrected chi connectivity index (χ1v) is 8.76. The van der Waals surface area contributed by atoms with Crippen LogP contribution in [0.4, 0.5) is 0 Å². The van der Waals surface area contributed by atoms with Crippen LogP contribution in [-0.2, 0) is 9.59 Å². The third kappa shape index (κ3) is 4.61. The van der Waals surface area contributed by atoms with Gasteiger partial charge in [-0.05, 0) is 31.4 Å². The molecular formula is C18H20N6O3. The van der Waals surface area contributed by atoms with Crippen LogP contribution in [0, 0.1) is 17.2 Å². The molecule has 9 nitrogen and oxygen atoms in total. The molecule has 3 amide bonds. The molecule has 0 spiro atoms. The molecular weight excluding hydrogens is 348 g/mol. The Labute approximate surface area is 155 Å². The molecule has 1 unspecified atom stereocenters. The maximum atomic E-state index is 12.1. The zero-order valence-corrected chi connectivity index (χ0v) is 14.6. The summed E-state index contributed by atoms with van der Waals surface area (Å²) in [5.41, 5.74) is 1.38. The van der Waals surface area contributed by atoms with Gasteiger partial charge in [-0.3, -0.25) is 14.4 Å². The van der Waals surface area contributed by atoms with Crippen LogP contribution in [0.25, 0.3) is 11.0 Å². The van der Waals surface area contributed by atoms with Gasteiger partial charge in [-0.2, -0.15) is 5.26 Å². The number of carbonyl (C=O) groups excluding carboxylic acids is 3. The number of aromatic nitrogens is 2. The lowest BCUT2D eigenvalue weighted by Crippen LogP contribution is -2.44. The van der Waals surface area contributed by atoms with E-state index in [1.54, 1.807) is 12.1 Å². The van der Waals surface area contributed by atoms with Crippen molar-refractivity contribution in [3.05, 3.63) is 30.1 Å². The number of imidazole rings is 1. The van der Waals surface area contributed by atoms with Crippen LogP contribution in [-0.4, -0.2) is 46.8 Å². The fraction of sp³-hybridized carbons (Fsp3) is 0.389. The van der Waals surface area contributed by atoms with Crippen molar-refractivity contribution in [3.63, 3.8) is 0 Å². The Morgan fingerprint density at radius 1 is 1.37 bits per heavy atom. The lowest BCUT2D eigenvalue weighted by Gasteiger charge is -2.23. The molecule has 2 atom stereocenters. The Bertz CT molecular complexity index is 867. The summed E-state index contributed by atoms with van der Waals surface area (Å²) in [5.74, 6) is -1.27. The number of fused-ring (bicyclic) bond motifs is 1. The Morgan fingerprint density at radius 2 is 2.19 bits per heavy atom. The van der Waals surface area contributed by atoms with Gasteiger partial charge in [0.2, 0.25) is 11.8 Å². The van der Waals surface area contributed by atoms with Crippen LogP contribution in [0.15, 0.2) is 24.3 Å². The summed E-state index contributed by atoms with van der Waals surface area (Å²) < 4.78 is 0. The number of hydrogen-bond acceptors (Lipinski definition) is 5. The molecule has 140 valence electrons. The minimum Gasteiger partial charge on any atom is -0.356 e. The number of rotatable bonds is 6. The third-order valence-electron chi connectivity index (χ3n) is 4.42. The van der Waals surface area contributed by atoms with Gasteiger partial charge >= 0.3 is 0 Å². The average Bonchev–Trinajstić information content (AvgIpc) is 3.11. The molecule has 1 aromatic heterocycles. The van der Waals surface area contributed by atoms with Gasteiger partial charge in [-0.1, -0.05) is 12.1 Å². The van der Waals surface area contributed by atoms with Gasteiger partial charge < -0.3 is 20.9 Å². The predicted molar refractivity (Wildman–Crippen MR) is 96.3 cm³/mol. The minimum atomic E-state index is -0.783. The van der Waals surface area contributed by atoms with Gasteiger partial charge in [0.1, 0.15) is 6.04 Å². The monoisotopic (exact) mass is 368 g/mol. The first-order valence-electron chi connectivity index (χ1n) is 8.76. The molecule has 0 saturated carbocycles. The Balaban J connectivity index is 1.49. The Hall–Kier alpha value is -3.41. The molecule has 1 aliphatic heterocycles. The average molecular weight is 368 g/mol. The molecule has 1 aromatic carbocycles. The molecule has 1 aliphatic rings. The van der Waals surface area contributed by atoms with Crippen molar-refractivity contribution in [2.24, 2.45) is 5.92 Å². The van der Waals surface area contributed by atoms with Crippen molar-refractivity contribution < 1.29 is 14.4 Å². The molecule has 0 aliphatic carbocycles. The first-order chi connectivity index (χ1) is 13.1. The highest BCUT2D eigenvalue weighted by Gasteiger charge is 2.26. The van der Waals surface area contributed by atoms with Gasteiger partial charge in [0.15, 0.2) is 5.82 Å². The molecule has 1 saturated heterocycles. The van der Waals surface area contributed by atoms with Crippen molar-refractivity contribution in [1.82, 2.24) is 25.9 Å². The second kappa shape index (κ2) is 8.31. The number of nitrogens with zero attached hydrogens (tertiary/aromatic N) is 2. The van der Waals surface area contributed by atoms with E-state index in [2.05, 4.69) is 25.9 Å². The van der Waals surface area contributed by atoms with E-state index in [1.165, 1.54) is 0 Å². The molecule has 1 fully saturated rings. The molecule has 2 aromatic rings. The SMILES string of the molecule is N#CC(C[C@@H]1CCCNC1=O)NC(=O)CNC(=O)c1nc2ccccc2[nH]1. The van der Waals surface area contributed by atoms with E-state index in [9.17, 15) is 19.6 Å². The van der Waals surface area contributed by atoms with Crippen molar-refractivity contribution in [2.45, 2.75) is 25.3 Å². The van der Waals surface area contributed by atoms with Crippen molar-refractivity contribution in [1.29, 1.82) is 5.26 Å². The van der Waals surface area contributed by atoms with E-state index in [-0.39, 0.29) is 30.6 Å². The van der Waals surface area contributed by atoms with E-state index in [0.717, 1.165) is 11.9 Å². The number of nitrogens with one attached hydrogen (secondary N) is 4. The highest BCUT2D eigenvalue weighted by atomic mass is 16.2. The third-order valence-corrected chi connectivity index (χ3v) is 4.42. The smallest absolute Gasteiger partial charge is 0.287 e. The molecule has 0 radical (unpaired) electrons. The van der Waals surface area contributed by atoms with Crippen LogP contribution in [0.1, 0.15) is 29.9 Å². The second-order valence-electron chi connectivity index (χ2n) is 6.40. The number of aromatic amines is 1. The molecule has 4 N–H and O–H groups in total. The highest BCUT2D eigenvalue weighted by molar-refractivity contribution is 5.96. The number of benzene rings is 1. The summed E-state index contributed by atoms with van der Waals surface area (Å²) in [6, 6.07) is 8.42. The molecule has 3 rings (SSSR count). The maximum absolute atomic E-state index is 12.1. The van der Waals surface area contributed by atoms with Crippen LogP contribution in [0.3, 0.4) is 0 Å². The standard InChI is InChI=1S/C18H20N6O3/c19-9-12(8-11-4-3-7-20-17(11)26)22-15(25)10-21-18(27)16-23-13-5-1-2-6-14(13)24-16/h1-2,5-6,11-12H,3-4,7-8,10H2,(H,20,26)(H,21,27)(H,22,25)(H,23,24)/t11-,12?/m0/s1. The van der Waals surface area contributed by atoms with Gasteiger partial charge in [-0.15, -0.1) is 0 Å². The van der Waals surface area contributed by atoms with Crippen LogP contribution >= 0.6 is 0 Å². The Kier molecular flexibility index (Phi) is 5.66. The van der Waals surface area contributed by atoms with Crippen molar-refractivity contribution in [3.8, 4) is 6.07 Å². The van der Waals surface area contributed by atoms with Gasteiger partial charge in [0.25, 0.3) is 5.91 Å². The lowest BCUT2D eigenvalue weighted by molar-refractivity contribution is -0.127. The number of nitriles is 1. The van der Waals surface area contributed by atoms with Gasteiger partial charge in [0, 0.05) is 12.5 Å². The number of carbonyl (C=O) groups is 3. The number of H-pyrrole nitrogens is 1. The topological polar surface area (TPSA) is 140 Å². The first kappa shape index (κ1) is 18.4. The zero-order chi connectivity index (χ0) is 19.2. The minimum absolute atomic E-state index is 0.0889. The summed E-state index contributed by atoms with van der Waals surface area (Å²) in [7, 11) is 0. The molecule has 9 heteroatoms. The van der Waals surface area contributed by atoms with E-state index in [0.29, 0.717) is 18.5 Å². The van der Waals surface area contributed by atoms with E-state index >= 15 is 0 Å². The fourth-order valence-corrected chi connectivity index (χ4v) is 3.04. The summed E-state index contributed by atoms with van der Waals surface area (Å²) in [6.45, 7) is 0.359. The summed E-state index contributed by atoms with van der Waals surface area (Å²) in [5, 5.41) is 17.0. The van der Waals surface area contributed by atoms with Crippen molar-refractivity contribution >= 4 is 28.8 Å². The van der Waals surface area contributed by atoms with Crippen LogP contribution < -0.4 is 16.0 Å². The van der Waals surface area contributed by atoms with Gasteiger partial charge in [0.05, 0.1) is 23.6 Å². The largest absolute Gasteiger partial charge is 0.356 e. The highest BCUT2D eigenvalue weighted by Crippen LogP contribution is 2.17. The number of hydrogen-bond donors (Lipinski definition) is 4. The van der Waals surface area contributed by atoms with E-state index in [4.69, 9.17) is 0 Å². The second-order valence-corrected chi connectivity index (χ2v) is 6.40. The predicted octanol–water partition coefficient (Wildman–Crippen LogP) is 0.217. The van der Waals surface area contributed by atoms with E-state index in [1.807, 2.05) is 18.2 Å². The summed E-state index contributed by atoms with van der Waals surface area (Å²) >= 11 is 0. The normalized spacial score (nSPS) is 17.6. The molecule has 27 heavy (non-hydrogen) atoms. The quantitative estimate of drug-likeness (QED) is 0.577. The summed E-state index contributed by atoms with van der Waals surface area (Å²) in [6.07, 6.45) is 1.81. The van der Waals surface area contributed by atoms with Crippen LogP contribution in [0.5, 0.6) is 0 Å². The lowest BCUT2D eigenvalue weighted by atomic mass is 9.92. The number of para-hydroxylation sites is 2. The van der Waals surface area contributed by atoms with E-state index < -0.39 is 17.9 Å². The fourth-order valence-electron chi connectivity index (χ4n) is 3.04. The number of amides is 3. The molecule has 0 bridgehead atoms. The van der Waals surface area contributed by atoms with Crippen LogP contribution in [0.2, 0.25) is 0 Å². The molecule has 2 heterocycles. The number of piperidine rings is 1. The maximum Gasteiger partial charge on any atom is 0.287 e. The zero-order valence-electron chi connectivity index (χ0n) is 14.6. The Morgan fingerprint density at radius 3 is 2.93 bits per heavy atom. The summed E-state index contributed by atoms with van der Waals surface area (Å²) in [4.78, 5) is 43.0. The van der Waals surface area contributed by atoms with Gasteiger partial charge in [-0.25, -0.2) is 4.98 Å².